The molecule has 1 aromatic rings. The monoisotopic (exact) mass is 326 g/mol. The highest BCUT2D eigenvalue weighted by Crippen LogP contribution is 2.36. The number of esters is 1. The summed E-state index contributed by atoms with van der Waals surface area (Å²) in [5.74, 6) is -0.365. The summed E-state index contributed by atoms with van der Waals surface area (Å²) in [6.45, 7) is 2.40. The van der Waals surface area contributed by atoms with Gasteiger partial charge in [-0.2, -0.15) is 5.06 Å². The molecule has 0 spiro atoms. The van der Waals surface area contributed by atoms with E-state index in [1.807, 2.05) is 6.92 Å². The summed E-state index contributed by atoms with van der Waals surface area (Å²) >= 11 is 5.94. The van der Waals surface area contributed by atoms with E-state index in [-0.39, 0.29) is 12.4 Å². The number of nitrogens with zero attached hydrogens (tertiary/aromatic N) is 1. The highest BCUT2D eigenvalue weighted by atomic mass is 35.5. The normalized spacial score (nSPS) is 17.0. The van der Waals surface area contributed by atoms with E-state index in [4.69, 9.17) is 21.2 Å². The topological polar surface area (TPSA) is 67.9 Å². The Morgan fingerprint density at radius 1 is 1.45 bits per heavy atom. The van der Waals surface area contributed by atoms with Crippen LogP contribution in [0.3, 0.4) is 0 Å². The summed E-state index contributed by atoms with van der Waals surface area (Å²) in [7, 11) is 1.38. The van der Waals surface area contributed by atoms with Crippen molar-refractivity contribution in [3.8, 4) is 0 Å². The van der Waals surface area contributed by atoms with Gasteiger partial charge in [0.05, 0.1) is 26.2 Å². The molecule has 7 heteroatoms. The second-order valence-corrected chi connectivity index (χ2v) is 5.40. The molecule has 0 aromatic heterocycles. The molecule has 0 saturated heterocycles. The van der Waals surface area contributed by atoms with Crippen LogP contribution in [0.25, 0.3) is 0 Å². The molecule has 1 aliphatic rings. The third kappa shape index (κ3) is 3.69. The van der Waals surface area contributed by atoms with E-state index in [0.29, 0.717) is 17.3 Å². The molecule has 1 unspecified atom stereocenters. The standard InChI is InChI=1S/C15H19ClN2O4/c1-3-4-7-22-14(19)9-13-11-6-5-10(16)8-12(11)17-15(20)18(13)21-2/h5-6,8,13H,3-4,7,9H2,1-2H3,(H,17,20). The van der Waals surface area contributed by atoms with Crippen molar-refractivity contribution in [1.82, 2.24) is 5.06 Å². The summed E-state index contributed by atoms with van der Waals surface area (Å²) in [5.41, 5.74) is 1.34. The first-order valence-electron chi connectivity index (χ1n) is 7.16. The summed E-state index contributed by atoms with van der Waals surface area (Å²) in [6.07, 6.45) is 1.79. The molecule has 0 aliphatic carbocycles. The number of carbonyl (C=O) groups excluding carboxylic acids is 2. The number of rotatable bonds is 6. The Morgan fingerprint density at radius 2 is 2.23 bits per heavy atom. The fraction of sp³-hybridized carbons (Fsp3) is 0.467. The molecule has 0 fully saturated rings. The van der Waals surface area contributed by atoms with Crippen LogP contribution in [0.4, 0.5) is 10.5 Å². The number of benzene rings is 1. The van der Waals surface area contributed by atoms with Gasteiger partial charge in [-0.15, -0.1) is 0 Å². The van der Waals surface area contributed by atoms with E-state index in [1.54, 1.807) is 18.2 Å². The lowest BCUT2D eigenvalue weighted by Gasteiger charge is -2.34. The van der Waals surface area contributed by atoms with Crippen LogP contribution < -0.4 is 5.32 Å². The molecule has 2 amide bonds. The van der Waals surface area contributed by atoms with Crippen LogP contribution in [0.2, 0.25) is 5.02 Å². The maximum atomic E-state index is 12.0. The fourth-order valence-corrected chi connectivity index (χ4v) is 2.49. The first kappa shape index (κ1) is 16.6. The van der Waals surface area contributed by atoms with Gasteiger partial charge in [0, 0.05) is 16.3 Å². The van der Waals surface area contributed by atoms with E-state index in [9.17, 15) is 9.59 Å². The number of fused-ring (bicyclic) bond motifs is 1. The molecule has 1 aromatic carbocycles. The lowest BCUT2D eigenvalue weighted by Crippen LogP contribution is -2.42. The molecule has 1 N–H and O–H groups in total. The number of amides is 2. The van der Waals surface area contributed by atoms with Crippen LogP contribution in [-0.4, -0.2) is 30.8 Å². The van der Waals surface area contributed by atoms with Gasteiger partial charge in [-0.3, -0.25) is 9.63 Å². The van der Waals surface area contributed by atoms with Gasteiger partial charge < -0.3 is 10.1 Å². The van der Waals surface area contributed by atoms with Crippen molar-refractivity contribution >= 4 is 29.3 Å². The lowest BCUT2D eigenvalue weighted by atomic mass is 9.99. The van der Waals surface area contributed by atoms with Gasteiger partial charge in [0.25, 0.3) is 0 Å². The summed E-state index contributed by atoms with van der Waals surface area (Å²) in [4.78, 5) is 29.1. The van der Waals surface area contributed by atoms with Crippen LogP contribution in [0, 0.1) is 0 Å². The quantitative estimate of drug-likeness (QED) is 0.641. The molecular formula is C15H19ClN2O4. The smallest absolute Gasteiger partial charge is 0.346 e. The number of ether oxygens (including phenoxy) is 1. The number of urea groups is 1. The summed E-state index contributed by atoms with van der Waals surface area (Å²) in [6, 6.07) is 4.15. The average molecular weight is 327 g/mol. The minimum Gasteiger partial charge on any atom is -0.466 e. The molecule has 0 radical (unpaired) electrons. The van der Waals surface area contributed by atoms with E-state index < -0.39 is 12.1 Å². The number of unbranched alkanes of at least 4 members (excludes halogenated alkanes) is 1. The molecular weight excluding hydrogens is 308 g/mol. The predicted octanol–water partition coefficient (Wildman–Crippen LogP) is 3.52. The van der Waals surface area contributed by atoms with E-state index in [1.165, 1.54) is 7.11 Å². The van der Waals surface area contributed by atoms with E-state index in [0.717, 1.165) is 23.5 Å². The molecule has 1 aliphatic heterocycles. The number of carbonyl (C=O) groups is 2. The Balaban J connectivity index is 2.19. The third-order valence-electron chi connectivity index (χ3n) is 3.42. The minimum absolute atomic E-state index is 0.0274. The zero-order valence-electron chi connectivity index (χ0n) is 12.6. The molecule has 6 nitrogen and oxygen atoms in total. The van der Waals surface area contributed by atoms with Gasteiger partial charge in [0.1, 0.15) is 0 Å². The van der Waals surface area contributed by atoms with Crippen molar-refractivity contribution in [3.05, 3.63) is 28.8 Å². The van der Waals surface area contributed by atoms with Gasteiger partial charge >= 0.3 is 12.0 Å². The van der Waals surface area contributed by atoms with E-state index >= 15 is 0 Å². The Hall–Kier alpha value is -1.79. The number of nitrogens with one attached hydrogen (secondary N) is 1. The van der Waals surface area contributed by atoms with Crippen LogP contribution >= 0.6 is 11.6 Å². The Kier molecular flexibility index (Phi) is 5.63. The zero-order valence-corrected chi connectivity index (χ0v) is 13.4. The Bertz CT molecular complexity index is 564. The van der Waals surface area contributed by atoms with Crippen molar-refractivity contribution in [2.45, 2.75) is 32.2 Å². The SMILES string of the molecule is CCCCOC(=O)CC1c2ccc(Cl)cc2NC(=O)N1OC. The number of hydrogen-bond donors (Lipinski definition) is 1. The lowest BCUT2D eigenvalue weighted by molar-refractivity contribution is -0.153. The van der Waals surface area contributed by atoms with Crippen LogP contribution in [-0.2, 0) is 14.4 Å². The largest absolute Gasteiger partial charge is 0.466 e. The Labute approximate surface area is 134 Å². The van der Waals surface area contributed by atoms with Crippen molar-refractivity contribution in [3.63, 3.8) is 0 Å². The molecule has 0 saturated carbocycles. The summed E-state index contributed by atoms with van der Waals surface area (Å²) in [5, 5.41) is 4.33. The molecule has 120 valence electrons. The van der Waals surface area contributed by atoms with Crippen LogP contribution in [0.15, 0.2) is 18.2 Å². The highest BCUT2D eigenvalue weighted by molar-refractivity contribution is 6.31. The first-order valence-corrected chi connectivity index (χ1v) is 7.54. The molecule has 1 heterocycles. The average Bonchev–Trinajstić information content (AvgIpc) is 2.47. The third-order valence-corrected chi connectivity index (χ3v) is 3.65. The second kappa shape index (κ2) is 7.47. The van der Waals surface area contributed by atoms with Gasteiger partial charge in [0.2, 0.25) is 0 Å². The number of hydrogen-bond acceptors (Lipinski definition) is 4. The predicted molar refractivity (Wildman–Crippen MR) is 82.5 cm³/mol. The van der Waals surface area contributed by atoms with Gasteiger partial charge in [0.15, 0.2) is 0 Å². The van der Waals surface area contributed by atoms with Gasteiger partial charge in [-0.1, -0.05) is 31.0 Å². The zero-order chi connectivity index (χ0) is 16.1. The fourth-order valence-electron chi connectivity index (χ4n) is 2.32. The second-order valence-electron chi connectivity index (χ2n) is 4.96. The van der Waals surface area contributed by atoms with E-state index in [2.05, 4.69) is 5.32 Å². The van der Waals surface area contributed by atoms with Gasteiger partial charge in [-0.25, -0.2) is 4.79 Å². The maximum absolute atomic E-state index is 12.0. The molecule has 1 atom stereocenters. The first-order chi connectivity index (χ1) is 10.6. The molecule has 22 heavy (non-hydrogen) atoms. The highest BCUT2D eigenvalue weighted by Gasteiger charge is 2.35. The maximum Gasteiger partial charge on any atom is 0.346 e. The minimum atomic E-state index is -0.542. The van der Waals surface area contributed by atoms with Crippen molar-refractivity contribution < 1.29 is 19.2 Å². The molecule has 2 rings (SSSR count). The molecule has 0 bridgehead atoms. The van der Waals surface area contributed by atoms with Gasteiger partial charge in [-0.05, 0) is 18.6 Å². The number of halogens is 1. The number of hydroxylamine groups is 2. The summed E-state index contributed by atoms with van der Waals surface area (Å²) < 4.78 is 5.17. The number of anilines is 1. The Morgan fingerprint density at radius 3 is 2.91 bits per heavy atom. The van der Waals surface area contributed by atoms with Crippen molar-refractivity contribution in [2.24, 2.45) is 0 Å². The van der Waals surface area contributed by atoms with Crippen LogP contribution in [0.1, 0.15) is 37.8 Å². The van der Waals surface area contributed by atoms with Crippen molar-refractivity contribution in [2.75, 3.05) is 19.0 Å². The van der Waals surface area contributed by atoms with Crippen LogP contribution in [0.5, 0.6) is 0 Å². The van der Waals surface area contributed by atoms with Crippen molar-refractivity contribution in [1.29, 1.82) is 0 Å².